The van der Waals surface area contributed by atoms with Crippen molar-refractivity contribution in [2.75, 3.05) is 18.5 Å². The molecule has 2 amide bonds. The van der Waals surface area contributed by atoms with Crippen LogP contribution in [0.3, 0.4) is 0 Å². The molecule has 2 aliphatic rings. The lowest BCUT2D eigenvalue weighted by atomic mass is 9.96. The highest BCUT2D eigenvalue weighted by Gasteiger charge is 2.39. The van der Waals surface area contributed by atoms with Gasteiger partial charge in [-0.1, -0.05) is 0 Å². The number of rotatable bonds is 3. The zero-order valence-electron chi connectivity index (χ0n) is 11.8. The fourth-order valence-electron chi connectivity index (χ4n) is 2.71. The van der Waals surface area contributed by atoms with Crippen molar-refractivity contribution in [3.05, 3.63) is 29.3 Å². The van der Waals surface area contributed by atoms with E-state index in [-0.39, 0.29) is 24.5 Å². The first-order valence-electron chi connectivity index (χ1n) is 7.03. The van der Waals surface area contributed by atoms with E-state index >= 15 is 0 Å². The molecule has 0 aromatic heterocycles. The molecular formula is C15H18N2O4. The Morgan fingerprint density at radius 1 is 1.57 bits per heavy atom. The van der Waals surface area contributed by atoms with E-state index < -0.39 is 5.60 Å². The van der Waals surface area contributed by atoms with Gasteiger partial charge in [-0.2, -0.15) is 0 Å². The normalized spacial score (nSPS) is 27.3. The number of aliphatic hydroxyl groups is 1. The molecule has 0 radical (unpaired) electrons. The molecule has 21 heavy (non-hydrogen) atoms. The molecule has 1 aromatic rings. The monoisotopic (exact) mass is 290 g/mol. The summed E-state index contributed by atoms with van der Waals surface area (Å²) >= 11 is 0. The van der Waals surface area contributed by atoms with Gasteiger partial charge in [-0.3, -0.25) is 9.59 Å². The number of nitrogens with one attached hydrogen (secondary N) is 2. The van der Waals surface area contributed by atoms with Crippen LogP contribution in [0.2, 0.25) is 0 Å². The van der Waals surface area contributed by atoms with E-state index in [1.807, 2.05) is 0 Å². The molecule has 2 heterocycles. The maximum atomic E-state index is 12.2. The van der Waals surface area contributed by atoms with Crippen LogP contribution in [0.4, 0.5) is 5.69 Å². The second-order valence-corrected chi connectivity index (χ2v) is 5.65. The van der Waals surface area contributed by atoms with Crippen LogP contribution in [0, 0.1) is 0 Å². The molecule has 1 fully saturated rings. The molecule has 0 aliphatic carbocycles. The molecule has 1 aromatic carbocycles. The fraction of sp³-hybridized carbons (Fsp3) is 0.467. The minimum Gasteiger partial charge on any atom is -0.385 e. The van der Waals surface area contributed by atoms with Crippen LogP contribution in [0.5, 0.6) is 0 Å². The lowest BCUT2D eigenvalue weighted by Crippen LogP contribution is -2.47. The molecule has 2 atom stereocenters. The molecule has 1 saturated heterocycles. The summed E-state index contributed by atoms with van der Waals surface area (Å²) in [6, 6.07) is 5.10. The minimum atomic E-state index is -1.01. The lowest BCUT2D eigenvalue weighted by Gasteiger charge is -2.26. The molecule has 112 valence electrons. The van der Waals surface area contributed by atoms with Crippen LogP contribution in [0.25, 0.3) is 0 Å². The van der Waals surface area contributed by atoms with Crippen LogP contribution in [-0.2, 0) is 16.0 Å². The van der Waals surface area contributed by atoms with Gasteiger partial charge in [0, 0.05) is 30.8 Å². The fourth-order valence-corrected chi connectivity index (χ4v) is 2.71. The summed E-state index contributed by atoms with van der Waals surface area (Å²) in [5.41, 5.74) is 1.06. The molecule has 0 spiro atoms. The van der Waals surface area contributed by atoms with Crippen molar-refractivity contribution in [1.82, 2.24) is 5.32 Å². The van der Waals surface area contributed by atoms with E-state index in [2.05, 4.69) is 10.6 Å². The Balaban J connectivity index is 1.66. The van der Waals surface area contributed by atoms with Gasteiger partial charge in [0.05, 0.1) is 12.5 Å². The zero-order valence-corrected chi connectivity index (χ0v) is 11.8. The van der Waals surface area contributed by atoms with Crippen molar-refractivity contribution in [3.63, 3.8) is 0 Å². The van der Waals surface area contributed by atoms with E-state index in [0.29, 0.717) is 25.0 Å². The summed E-state index contributed by atoms with van der Waals surface area (Å²) < 4.78 is 5.33. The maximum absolute atomic E-state index is 12.2. The highest BCUT2D eigenvalue weighted by Crippen LogP contribution is 2.26. The number of benzene rings is 1. The van der Waals surface area contributed by atoms with Gasteiger partial charge in [0.2, 0.25) is 5.91 Å². The van der Waals surface area contributed by atoms with Crippen LogP contribution < -0.4 is 10.6 Å². The van der Waals surface area contributed by atoms with E-state index in [0.717, 1.165) is 11.3 Å². The first-order valence-corrected chi connectivity index (χ1v) is 7.03. The Kier molecular flexibility index (Phi) is 3.43. The third-order valence-electron chi connectivity index (χ3n) is 4.21. The van der Waals surface area contributed by atoms with Gasteiger partial charge in [-0.25, -0.2) is 0 Å². The standard InChI is InChI=1S/C15H18N2O4/c1-9-15(20,4-5-21-9)8-16-14(19)10-2-3-12-11(6-10)7-13(18)17-12/h2-3,6,9,20H,4-5,7-8H2,1H3,(H,16,19)(H,17,18). The predicted molar refractivity (Wildman–Crippen MR) is 76.1 cm³/mol. The van der Waals surface area contributed by atoms with Crippen molar-refractivity contribution >= 4 is 17.5 Å². The maximum Gasteiger partial charge on any atom is 0.251 e. The third-order valence-corrected chi connectivity index (χ3v) is 4.21. The number of ether oxygens (including phenoxy) is 1. The molecule has 6 heteroatoms. The highest BCUT2D eigenvalue weighted by molar-refractivity contribution is 6.01. The van der Waals surface area contributed by atoms with Gasteiger partial charge in [0.15, 0.2) is 0 Å². The summed E-state index contributed by atoms with van der Waals surface area (Å²) in [6.45, 7) is 2.45. The molecular weight excluding hydrogens is 272 g/mol. The zero-order chi connectivity index (χ0) is 15.0. The SMILES string of the molecule is CC1OCCC1(O)CNC(=O)c1ccc2c(c1)CC(=O)N2. The van der Waals surface area contributed by atoms with Crippen LogP contribution in [-0.4, -0.2) is 41.8 Å². The summed E-state index contributed by atoms with van der Waals surface area (Å²) in [4.78, 5) is 23.5. The number of carbonyl (C=O) groups is 2. The molecule has 0 saturated carbocycles. The number of hydrogen-bond donors (Lipinski definition) is 3. The number of carbonyl (C=O) groups excluding carboxylic acids is 2. The first kappa shape index (κ1) is 14.0. The number of fused-ring (bicyclic) bond motifs is 1. The smallest absolute Gasteiger partial charge is 0.251 e. The van der Waals surface area contributed by atoms with Crippen molar-refractivity contribution in [2.45, 2.75) is 31.5 Å². The molecule has 0 bridgehead atoms. The predicted octanol–water partition coefficient (Wildman–Crippen LogP) is 0.451. The van der Waals surface area contributed by atoms with Crippen LogP contribution in [0.1, 0.15) is 29.3 Å². The van der Waals surface area contributed by atoms with Gasteiger partial charge < -0.3 is 20.5 Å². The largest absolute Gasteiger partial charge is 0.385 e. The number of hydrogen-bond acceptors (Lipinski definition) is 4. The van der Waals surface area contributed by atoms with Gasteiger partial charge in [0.1, 0.15) is 5.60 Å². The van der Waals surface area contributed by atoms with Crippen LogP contribution in [0.15, 0.2) is 18.2 Å². The summed E-state index contributed by atoms with van der Waals surface area (Å²) in [5, 5.41) is 15.8. The van der Waals surface area contributed by atoms with Crippen molar-refractivity contribution in [2.24, 2.45) is 0 Å². The highest BCUT2D eigenvalue weighted by atomic mass is 16.5. The molecule has 3 N–H and O–H groups in total. The van der Waals surface area contributed by atoms with Crippen molar-refractivity contribution in [3.8, 4) is 0 Å². The van der Waals surface area contributed by atoms with Crippen molar-refractivity contribution < 1.29 is 19.4 Å². The molecule has 2 aliphatic heterocycles. The van der Waals surface area contributed by atoms with Gasteiger partial charge in [-0.15, -0.1) is 0 Å². The average molecular weight is 290 g/mol. The summed E-state index contributed by atoms with van der Waals surface area (Å²) in [5.74, 6) is -0.321. The average Bonchev–Trinajstić information content (AvgIpc) is 2.98. The Labute approximate surface area is 122 Å². The minimum absolute atomic E-state index is 0.0613. The topological polar surface area (TPSA) is 87.7 Å². The number of amides is 2. The second-order valence-electron chi connectivity index (χ2n) is 5.65. The Morgan fingerprint density at radius 3 is 3.10 bits per heavy atom. The summed E-state index contributed by atoms with van der Waals surface area (Å²) in [7, 11) is 0. The number of anilines is 1. The quantitative estimate of drug-likeness (QED) is 0.754. The van der Waals surface area contributed by atoms with E-state index in [9.17, 15) is 14.7 Å². The summed E-state index contributed by atoms with van der Waals surface area (Å²) in [6.07, 6.45) is 0.516. The first-order chi connectivity index (χ1) is 9.98. The van der Waals surface area contributed by atoms with Gasteiger partial charge in [0.25, 0.3) is 5.91 Å². The Bertz CT molecular complexity index is 601. The molecule has 3 rings (SSSR count). The Hall–Kier alpha value is -1.92. The third kappa shape index (κ3) is 2.64. The van der Waals surface area contributed by atoms with Crippen LogP contribution >= 0.6 is 0 Å². The Morgan fingerprint density at radius 2 is 2.38 bits per heavy atom. The van der Waals surface area contributed by atoms with E-state index in [1.54, 1.807) is 25.1 Å². The molecule has 2 unspecified atom stereocenters. The lowest BCUT2D eigenvalue weighted by molar-refractivity contribution is -0.115. The second kappa shape index (κ2) is 5.13. The van der Waals surface area contributed by atoms with Gasteiger partial charge in [-0.05, 0) is 30.7 Å². The molecule has 6 nitrogen and oxygen atoms in total. The van der Waals surface area contributed by atoms with Gasteiger partial charge >= 0.3 is 0 Å². The van der Waals surface area contributed by atoms with E-state index in [4.69, 9.17) is 4.74 Å². The van der Waals surface area contributed by atoms with Crippen molar-refractivity contribution in [1.29, 1.82) is 0 Å². The van der Waals surface area contributed by atoms with E-state index in [1.165, 1.54) is 0 Å².